The Balaban J connectivity index is 1.98. The highest BCUT2D eigenvalue weighted by Crippen LogP contribution is 2.15. The van der Waals surface area contributed by atoms with E-state index in [0.717, 1.165) is 4.88 Å². The van der Waals surface area contributed by atoms with Crippen molar-refractivity contribution in [3.05, 3.63) is 46.4 Å². The van der Waals surface area contributed by atoms with Crippen molar-refractivity contribution in [2.24, 2.45) is 5.73 Å². The summed E-state index contributed by atoms with van der Waals surface area (Å²) in [6.45, 7) is 0.487. The lowest BCUT2D eigenvalue weighted by Gasteiger charge is -2.04. The lowest BCUT2D eigenvalue weighted by Crippen LogP contribution is -2.10. The second kappa shape index (κ2) is 4.76. The van der Waals surface area contributed by atoms with Crippen LogP contribution in [0.1, 0.15) is 15.2 Å². The molecule has 4 nitrogen and oxygen atoms in total. The Labute approximate surface area is 96.7 Å². The van der Waals surface area contributed by atoms with Crippen molar-refractivity contribution in [3.8, 4) is 5.75 Å². The largest absolute Gasteiger partial charge is 0.488 e. The highest BCUT2D eigenvalue weighted by Gasteiger charge is 2.01. The van der Waals surface area contributed by atoms with Crippen molar-refractivity contribution in [1.82, 2.24) is 4.98 Å². The summed E-state index contributed by atoms with van der Waals surface area (Å²) < 4.78 is 5.50. The number of nitrogens with zero attached hydrogens (tertiary/aromatic N) is 1. The highest BCUT2D eigenvalue weighted by molar-refractivity contribution is 7.09. The van der Waals surface area contributed by atoms with Crippen molar-refractivity contribution < 1.29 is 9.53 Å². The van der Waals surface area contributed by atoms with Gasteiger partial charge in [0, 0.05) is 11.8 Å². The second-order valence-electron chi connectivity index (χ2n) is 3.15. The molecule has 82 valence electrons. The highest BCUT2D eigenvalue weighted by atomic mass is 32.1. The predicted octanol–water partition coefficient (Wildman–Crippen LogP) is 1.82. The monoisotopic (exact) mass is 234 g/mol. The molecule has 0 bridgehead atoms. The standard InChI is InChI=1S/C11H10N2O2S/c12-11(14)8-1-3-9(4-2-8)15-6-10-5-13-7-16-10/h1-5,7H,6H2,(H2,12,14). The number of carbonyl (C=O) groups is 1. The molecule has 1 aromatic carbocycles. The first kappa shape index (κ1) is 10.6. The molecule has 1 amide bonds. The van der Waals surface area contributed by atoms with Gasteiger partial charge >= 0.3 is 0 Å². The van der Waals surface area contributed by atoms with Crippen LogP contribution in [0.25, 0.3) is 0 Å². The maximum absolute atomic E-state index is 10.8. The van der Waals surface area contributed by atoms with Gasteiger partial charge in [0.05, 0.1) is 10.4 Å². The average Bonchev–Trinajstić information content (AvgIpc) is 2.80. The quantitative estimate of drug-likeness (QED) is 0.877. The number of thiazole rings is 1. The molecule has 0 aliphatic rings. The van der Waals surface area contributed by atoms with E-state index in [1.54, 1.807) is 36.0 Å². The second-order valence-corrected chi connectivity index (χ2v) is 4.12. The van der Waals surface area contributed by atoms with Crippen LogP contribution in [0.5, 0.6) is 5.75 Å². The third kappa shape index (κ3) is 2.58. The molecule has 2 N–H and O–H groups in total. The summed E-state index contributed by atoms with van der Waals surface area (Å²) in [6.07, 6.45) is 1.77. The van der Waals surface area contributed by atoms with Gasteiger partial charge in [-0.2, -0.15) is 0 Å². The number of aromatic nitrogens is 1. The van der Waals surface area contributed by atoms with Crippen LogP contribution in [-0.2, 0) is 6.61 Å². The van der Waals surface area contributed by atoms with E-state index in [0.29, 0.717) is 17.9 Å². The van der Waals surface area contributed by atoms with Crippen LogP contribution in [0.2, 0.25) is 0 Å². The van der Waals surface area contributed by atoms with E-state index in [1.807, 2.05) is 0 Å². The van der Waals surface area contributed by atoms with Crippen molar-refractivity contribution >= 4 is 17.2 Å². The zero-order chi connectivity index (χ0) is 11.4. The molecule has 5 heteroatoms. The minimum atomic E-state index is -0.436. The number of hydrogen-bond donors (Lipinski definition) is 1. The molecule has 0 saturated heterocycles. The van der Waals surface area contributed by atoms with Crippen LogP contribution < -0.4 is 10.5 Å². The van der Waals surface area contributed by atoms with Crippen LogP contribution >= 0.6 is 11.3 Å². The fourth-order valence-electron chi connectivity index (χ4n) is 1.18. The third-order valence-corrected chi connectivity index (χ3v) is 2.76. The number of benzene rings is 1. The Morgan fingerprint density at radius 2 is 2.12 bits per heavy atom. The Hall–Kier alpha value is -1.88. The number of ether oxygens (including phenoxy) is 1. The Morgan fingerprint density at radius 3 is 2.69 bits per heavy atom. The van der Waals surface area contributed by atoms with Gasteiger partial charge < -0.3 is 10.5 Å². The predicted molar refractivity (Wildman–Crippen MR) is 61.4 cm³/mol. The van der Waals surface area contributed by atoms with Crippen LogP contribution in [0, 0.1) is 0 Å². The van der Waals surface area contributed by atoms with Crippen molar-refractivity contribution in [2.45, 2.75) is 6.61 Å². The van der Waals surface area contributed by atoms with Crippen molar-refractivity contribution in [3.63, 3.8) is 0 Å². The average molecular weight is 234 g/mol. The van der Waals surface area contributed by atoms with Crippen LogP contribution in [-0.4, -0.2) is 10.9 Å². The number of primary amides is 1. The fraction of sp³-hybridized carbons (Fsp3) is 0.0909. The Bertz CT molecular complexity index is 465. The summed E-state index contributed by atoms with van der Waals surface area (Å²) in [5, 5.41) is 0. The number of nitrogens with two attached hydrogens (primary N) is 1. The van der Waals surface area contributed by atoms with E-state index in [4.69, 9.17) is 10.5 Å². The number of carbonyl (C=O) groups excluding carboxylic acids is 1. The van der Waals surface area contributed by atoms with Gasteiger partial charge in [0.15, 0.2) is 0 Å². The molecule has 0 fully saturated rings. The molecule has 0 unspecified atom stereocenters. The van der Waals surface area contributed by atoms with Gasteiger partial charge in [-0.05, 0) is 24.3 Å². The molecule has 1 heterocycles. The van der Waals surface area contributed by atoms with E-state index >= 15 is 0 Å². The molecule has 0 aliphatic carbocycles. The van der Waals surface area contributed by atoms with Gasteiger partial charge in [-0.1, -0.05) is 0 Å². The Kier molecular flexibility index (Phi) is 3.16. The molecule has 2 rings (SSSR count). The summed E-state index contributed by atoms with van der Waals surface area (Å²) in [6, 6.07) is 6.73. The zero-order valence-electron chi connectivity index (χ0n) is 8.42. The number of amides is 1. The van der Waals surface area contributed by atoms with Gasteiger partial charge in [0.1, 0.15) is 12.4 Å². The first-order chi connectivity index (χ1) is 7.75. The van der Waals surface area contributed by atoms with Crippen LogP contribution in [0.15, 0.2) is 36.0 Å². The lowest BCUT2D eigenvalue weighted by molar-refractivity contribution is 0.100. The number of rotatable bonds is 4. The minimum absolute atomic E-state index is 0.436. The summed E-state index contributed by atoms with van der Waals surface area (Å²) in [7, 11) is 0. The smallest absolute Gasteiger partial charge is 0.248 e. The van der Waals surface area contributed by atoms with Crippen molar-refractivity contribution in [1.29, 1.82) is 0 Å². The maximum atomic E-state index is 10.8. The van der Waals surface area contributed by atoms with Gasteiger partial charge in [0.25, 0.3) is 0 Å². The first-order valence-electron chi connectivity index (χ1n) is 4.66. The van der Waals surface area contributed by atoms with E-state index < -0.39 is 5.91 Å². The molecule has 1 aromatic heterocycles. The topological polar surface area (TPSA) is 65.2 Å². The maximum Gasteiger partial charge on any atom is 0.248 e. The van der Waals surface area contributed by atoms with Gasteiger partial charge in [-0.25, -0.2) is 0 Å². The summed E-state index contributed by atoms with van der Waals surface area (Å²) in [5.74, 6) is 0.271. The molecule has 16 heavy (non-hydrogen) atoms. The molecule has 2 aromatic rings. The van der Waals surface area contributed by atoms with Gasteiger partial charge in [0.2, 0.25) is 5.91 Å². The molecule has 0 radical (unpaired) electrons. The lowest BCUT2D eigenvalue weighted by atomic mass is 10.2. The molecule has 0 aliphatic heterocycles. The molecule has 0 atom stereocenters. The van der Waals surface area contributed by atoms with Gasteiger partial charge in [-0.15, -0.1) is 11.3 Å². The van der Waals surface area contributed by atoms with Crippen LogP contribution in [0.3, 0.4) is 0 Å². The van der Waals surface area contributed by atoms with Crippen LogP contribution in [0.4, 0.5) is 0 Å². The molecule has 0 saturated carbocycles. The van der Waals surface area contributed by atoms with E-state index in [2.05, 4.69) is 4.98 Å². The fourth-order valence-corrected chi connectivity index (χ4v) is 1.69. The molecular formula is C11H10N2O2S. The normalized spacial score (nSPS) is 10.0. The Morgan fingerprint density at radius 1 is 1.38 bits per heavy atom. The summed E-state index contributed by atoms with van der Waals surface area (Å²) >= 11 is 1.54. The van der Waals surface area contributed by atoms with Crippen molar-refractivity contribution in [2.75, 3.05) is 0 Å². The third-order valence-electron chi connectivity index (χ3n) is 2.00. The van der Waals surface area contributed by atoms with E-state index in [1.165, 1.54) is 11.3 Å². The van der Waals surface area contributed by atoms with E-state index in [-0.39, 0.29) is 0 Å². The first-order valence-corrected chi connectivity index (χ1v) is 5.54. The molecular weight excluding hydrogens is 224 g/mol. The SMILES string of the molecule is NC(=O)c1ccc(OCc2cncs2)cc1. The van der Waals surface area contributed by atoms with Gasteiger partial charge in [-0.3, -0.25) is 9.78 Å². The summed E-state index contributed by atoms with van der Waals surface area (Å²) in [4.78, 5) is 15.8. The number of hydrogen-bond acceptors (Lipinski definition) is 4. The molecule has 0 spiro atoms. The minimum Gasteiger partial charge on any atom is -0.488 e. The summed E-state index contributed by atoms with van der Waals surface area (Å²) in [5.41, 5.74) is 7.36. The zero-order valence-corrected chi connectivity index (χ0v) is 9.24. The van der Waals surface area contributed by atoms with E-state index in [9.17, 15) is 4.79 Å².